The van der Waals surface area contributed by atoms with E-state index in [-0.39, 0.29) is 15.8 Å². The molecule has 0 saturated carbocycles. The molecule has 0 aromatic heterocycles. The first-order valence-corrected chi connectivity index (χ1v) is 10.6. The van der Waals surface area contributed by atoms with E-state index in [1.165, 1.54) is 12.3 Å². The van der Waals surface area contributed by atoms with Crippen LogP contribution in [0.15, 0.2) is 0 Å². The van der Waals surface area contributed by atoms with Crippen LogP contribution in [-0.4, -0.2) is 34.0 Å². The van der Waals surface area contributed by atoms with E-state index in [0.717, 1.165) is 11.3 Å². The lowest BCUT2D eigenvalue weighted by Crippen LogP contribution is -2.27. The summed E-state index contributed by atoms with van der Waals surface area (Å²) in [4.78, 5) is 0. The summed E-state index contributed by atoms with van der Waals surface area (Å²) in [5.74, 6) is 0. The lowest BCUT2D eigenvalue weighted by molar-refractivity contribution is 0.705. The molecule has 0 aromatic carbocycles. The number of rotatable bonds is 5. The molecule has 110 valence electrons. The van der Waals surface area contributed by atoms with E-state index in [1.807, 2.05) is 0 Å². The smallest absolute Gasteiger partial charge is 0.0174 e. The third-order valence-electron chi connectivity index (χ3n) is 3.53. The quantitative estimate of drug-likeness (QED) is 0.516. The molecule has 0 bridgehead atoms. The standard InChI is InChI=1S/C16H36P2/c1-13(2)17(14(3)4)11-12-18(15(5,6)7)16(8,9)10/h13-14H,11-12H2,1-10H3. The Morgan fingerprint density at radius 3 is 1.22 bits per heavy atom. The molecule has 0 unspecified atom stereocenters. The second-order valence-corrected chi connectivity index (χ2v) is 15.4. The first-order valence-electron chi connectivity index (χ1n) is 7.41. The molecule has 0 amide bonds. The first kappa shape index (κ1) is 18.9. The molecule has 0 N–H and O–H groups in total. The van der Waals surface area contributed by atoms with Crippen LogP contribution in [0.2, 0.25) is 0 Å². The zero-order valence-corrected chi connectivity index (χ0v) is 16.3. The largest absolute Gasteiger partial charge is 0.101 e. The highest BCUT2D eigenvalue weighted by atomic mass is 31.1. The van der Waals surface area contributed by atoms with Crippen molar-refractivity contribution in [3.63, 3.8) is 0 Å². The van der Waals surface area contributed by atoms with Crippen molar-refractivity contribution in [3.8, 4) is 0 Å². The lowest BCUT2D eigenvalue weighted by atomic mass is 10.2. The maximum Gasteiger partial charge on any atom is -0.0174 e. The fraction of sp³-hybridized carbons (Fsp3) is 1.00. The van der Waals surface area contributed by atoms with E-state index in [2.05, 4.69) is 69.2 Å². The molecule has 0 aromatic rings. The van der Waals surface area contributed by atoms with E-state index in [0.29, 0.717) is 10.3 Å². The van der Waals surface area contributed by atoms with Crippen molar-refractivity contribution in [2.45, 2.75) is 90.9 Å². The maximum absolute atomic E-state index is 2.44. The summed E-state index contributed by atoms with van der Waals surface area (Å²) in [7, 11) is 0.302. The summed E-state index contributed by atoms with van der Waals surface area (Å²) in [5.41, 5.74) is 1.77. The van der Waals surface area contributed by atoms with Crippen molar-refractivity contribution in [3.05, 3.63) is 0 Å². The molecule has 0 fully saturated rings. The Bertz CT molecular complexity index is 208. The first-order chi connectivity index (χ1) is 7.87. The molecule has 0 atom stereocenters. The summed E-state index contributed by atoms with van der Waals surface area (Å²) >= 11 is 0. The molecule has 2 heteroatoms. The molecule has 18 heavy (non-hydrogen) atoms. The van der Waals surface area contributed by atoms with E-state index >= 15 is 0 Å². The van der Waals surface area contributed by atoms with Gasteiger partial charge in [0.25, 0.3) is 0 Å². The van der Waals surface area contributed by atoms with Crippen molar-refractivity contribution in [1.82, 2.24) is 0 Å². The number of hydrogen-bond donors (Lipinski definition) is 0. The van der Waals surface area contributed by atoms with Gasteiger partial charge < -0.3 is 0 Å². The highest BCUT2D eigenvalue weighted by Gasteiger charge is 2.34. The van der Waals surface area contributed by atoms with Crippen LogP contribution in [0.5, 0.6) is 0 Å². The van der Waals surface area contributed by atoms with Gasteiger partial charge in [0.2, 0.25) is 0 Å². The van der Waals surface area contributed by atoms with Crippen molar-refractivity contribution in [2.24, 2.45) is 0 Å². The topological polar surface area (TPSA) is 0 Å². The maximum atomic E-state index is 2.44. The van der Waals surface area contributed by atoms with Gasteiger partial charge in [0.05, 0.1) is 0 Å². The SMILES string of the molecule is CC(C)P(CCP(C(C)(C)C)C(C)(C)C)C(C)C. The predicted molar refractivity (Wildman–Crippen MR) is 93.4 cm³/mol. The Morgan fingerprint density at radius 2 is 1.00 bits per heavy atom. The van der Waals surface area contributed by atoms with Crippen LogP contribution in [0.25, 0.3) is 0 Å². The molecule has 0 aliphatic carbocycles. The average molecular weight is 290 g/mol. The normalized spacial score (nSPS) is 14.3. The zero-order valence-electron chi connectivity index (χ0n) is 14.5. The Morgan fingerprint density at radius 1 is 0.667 bits per heavy atom. The van der Waals surface area contributed by atoms with Gasteiger partial charge in [0.15, 0.2) is 0 Å². The molecule has 0 heterocycles. The minimum Gasteiger partial charge on any atom is -0.101 e. The van der Waals surface area contributed by atoms with Crippen molar-refractivity contribution in [1.29, 1.82) is 0 Å². The Balaban J connectivity index is 4.72. The molecule has 0 radical (unpaired) electrons. The van der Waals surface area contributed by atoms with Gasteiger partial charge in [-0.3, -0.25) is 0 Å². The zero-order chi connectivity index (χ0) is 14.7. The Labute approximate surface area is 119 Å². The van der Waals surface area contributed by atoms with Gasteiger partial charge in [-0.25, -0.2) is 0 Å². The molecule has 0 spiro atoms. The van der Waals surface area contributed by atoms with Crippen LogP contribution in [0.3, 0.4) is 0 Å². The van der Waals surface area contributed by atoms with Crippen LogP contribution in [0, 0.1) is 0 Å². The van der Waals surface area contributed by atoms with Gasteiger partial charge in [-0.05, 0) is 34.0 Å². The van der Waals surface area contributed by atoms with Crippen LogP contribution in [0.1, 0.15) is 69.2 Å². The minimum atomic E-state index is 0.0914. The molecular formula is C16H36P2. The molecule has 0 aliphatic rings. The van der Waals surface area contributed by atoms with Crippen molar-refractivity contribution in [2.75, 3.05) is 12.3 Å². The molecule has 0 rings (SSSR count). The second-order valence-electron chi connectivity index (χ2n) is 7.92. The highest BCUT2D eigenvalue weighted by Crippen LogP contribution is 2.61. The predicted octanol–water partition coefficient (Wildman–Crippen LogP) is 6.36. The van der Waals surface area contributed by atoms with Gasteiger partial charge in [0.1, 0.15) is 0 Å². The van der Waals surface area contributed by atoms with Gasteiger partial charge in [-0.2, -0.15) is 0 Å². The molecule has 0 saturated heterocycles. The van der Waals surface area contributed by atoms with E-state index < -0.39 is 0 Å². The van der Waals surface area contributed by atoms with Gasteiger partial charge in [-0.15, -0.1) is 7.92 Å². The van der Waals surface area contributed by atoms with E-state index in [4.69, 9.17) is 0 Å². The van der Waals surface area contributed by atoms with Crippen LogP contribution < -0.4 is 0 Å². The van der Waals surface area contributed by atoms with E-state index in [9.17, 15) is 0 Å². The summed E-state index contributed by atoms with van der Waals surface area (Å²) in [5, 5.41) is 0.977. The highest BCUT2D eigenvalue weighted by molar-refractivity contribution is 7.64. The van der Waals surface area contributed by atoms with Crippen molar-refractivity contribution < 1.29 is 0 Å². The minimum absolute atomic E-state index is 0.0914. The van der Waals surface area contributed by atoms with Crippen molar-refractivity contribution >= 4 is 15.8 Å². The molecule has 0 nitrogen and oxygen atoms in total. The lowest BCUT2D eigenvalue weighted by Gasteiger charge is -2.43. The van der Waals surface area contributed by atoms with Gasteiger partial charge >= 0.3 is 0 Å². The molecular weight excluding hydrogens is 254 g/mol. The summed E-state index contributed by atoms with van der Waals surface area (Å²) in [6.45, 7) is 24.3. The second kappa shape index (κ2) is 7.04. The fourth-order valence-corrected chi connectivity index (χ4v) is 10.3. The van der Waals surface area contributed by atoms with Crippen LogP contribution in [-0.2, 0) is 0 Å². The Hall–Kier alpha value is 0.860. The average Bonchev–Trinajstić information content (AvgIpc) is 2.06. The van der Waals surface area contributed by atoms with Crippen LogP contribution in [0.4, 0.5) is 0 Å². The van der Waals surface area contributed by atoms with E-state index in [1.54, 1.807) is 0 Å². The summed E-state index contributed by atoms with van der Waals surface area (Å²) in [6.07, 6.45) is 2.94. The summed E-state index contributed by atoms with van der Waals surface area (Å²) in [6, 6.07) is 0. The molecule has 0 aliphatic heterocycles. The van der Waals surface area contributed by atoms with Gasteiger partial charge in [-0.1, -0.05) is 77.2 Å². The third kappa shape index (κ3) is 6.34. The monoisotopic (exact) mass is 290 g/mol. The fourth-order valence-electron chi connectivity index (χ4n) is 3.01. The van der Waals surface area contributed by atoms with Gasteiger partial charge in [0, 0.05) is 0 Å². The summed E-state index contributed by atoms with van der Waals surface area (Å²) < 4.78 is 0. The third-order valence-corrected chi connectivity index (χ3v) is 11.2. The van der Waals surface area contributed by atoms with Crippen LogP contribution >= 0.6 is 15.8 Å². The number of hydrogen-bond acceptors (Lipinski definition) is 0. The Kier molecular flexibility index (Phi) is 7.37.